The normalized spacial score (nSPS) is 12.6. The number of benzene rings is 1. The van der Waals surface area contributed by atoms with Gasteiger partial charge in [0.2, 0.25) is 0 Å². The molecule has 0 spiro atoms. The summed E-state index contributed by atoms with van der Waals surface area (Å²) in [6.45, 7) is 10.1. The van der Waals surface area contributed by atoms with Gasteiger partial charge in [0.25, 0.3) is 0 Å². The molecule has 0 fully saturated rings. The number of hydrogen-bond acceptors (Lipinski definition) is 2. The van der Waals surface area contributed by atoms with E-state index in [1.54, 1.807) is 0 Å². The van der Waals surface area contributed by atoms with Gasteiger partial charge in [-0.25, -0.2) is 0 Å². The molecule has 0 aliphatic carbocycles. The van der Waals surface area contributed by atoms with Crippen LogP contribution in [0.2, 0.25) is 0 Å². The molecule has 1 atom stereocenters. The molecule has 1 unspecified atom stereocenters. The zero-order valence-corrected chi connectivity index (χ0v) is 11.3. The molecule has 2 nitrogen and oxygen atoms in total. The molecule has 0 heterocycles. The molecule has 1 rings (SSSR count). The van der Waals surface area contributed by atoms with E-state index < -0.39 is 0 Å². The minimum absolute atomic E-state index is 0.558. The smallest absolute Gasteiger partial charge is 0.0472 e. The second-order valence-electron chi connectivity index (χ2n) is 4.35. The van der Waals surface area contributed by atoms with E-state index in [0.717, 1.165) is 32.7 Å². The highest BCUT2D eigenvalue weighted by atomic mass is 16.5. The van der Waals surface area contributed by atoms with E-state index in [4.69, 9.17) is 4.74 Å². The predicted octanol–water partition coefficient (Wildman–Crippen LogP) is 3.11. The summed E-state index contributed by atoms with van der Waals surface area (Å²) in [5, 5.41) is 3.45. The van der Waals surface area contributed by atoms with Crippen molar-refractivity contribution in [1.29, 1.82) is 0 Å². The van der Waals surface area contributed by atoms with Crippen molar-refractivity contribution >= 4 is 0 Å². The van der Waals surface area contributed by atoms with Gasteiger partial charge in [0, 0.05) is 19.8 Å². The van der Waals surface area contributed by atoms with E-state index in [1.165, 1.54) is 11.1 Å². The predicted molar refractivity (Wildman–Crippen MR) is 73.6 cm³/mol. The van der Waals surface area contributed by atoms with Gasteiger partial charge in [-0.2, -0.15) is 0 Å². The van der Waals surface area contributed by atoms with Gasteiger partial charge in [-0.3, -0.25) is 0 Å². The van der Waals surface area contributed by atoms with Crippen molar-refractivity contribution in [3.8, 4) is 0 Å². The fraction of sp³-hybridized carbons (Fsp3) is 0.600. The van der Waals surface area contributed by atoms with Crippen molar-refractivity contribution in [2.24, 2.45) is 0 Å². The van der Waals surface area contributed by atoms with Gasteiger partial charge in [0.15, 0.2) is 0 Å². The van der Waals surface area contributed by atoms with Crippen molar-refractivity contribution in [2.45, 2.75) is 33.1 Å². The Kier molecular flexibility index (Phi) is 6.90. The largest absolute Gasteiger partial charge is 0.382 e. The van der Waals surface area contributed by atoms with Crippen molar-refractivity contribution < 1.29 is 4.74 Å². The summed E-state index contributed by atoms with van der Waals surface area (Å²) in [7, 11) is 0. The van der Waals surface area contributed by atoms with Crippen LogP contribution in [0.25, 0.3) is 0 Å². The van der Waals surface area contributed by atoms with Crippen LogP contribution in [-0.2, 0) is 4.74 Å². The number of likely N-dealkylation sites (N-methyl/N-ethyl adjacent to an activating group) is 1. The van der Waals surface area contributed by atoms with Crippen LogP contribution in [-0.4, -0.2) is 26.3 Å². The molecule has 2 heteroatoms. The standard InChI is InChI=1S/C15H25NO/c1-4-16-12-14(10-11-17-5-2)15-9-7-6-8-13(15)3/h6-9,14,16H,4-5,10-12H2,1-3H3. The molecule has 17 heavy (non-hydrogen) atoms. The van der Waals surface area contributed by atoms with Gasteiger partial charge in [-0.1, -0.05) is 31.2 Å². The Morgan fingerprint density at radius 3 is 2.65 bits per heavy atom. The number of aryl methyl sites for hydroxylation is 1. The lowest BCUT2D eigenvalue weighted by Gasteiger charge is -2.19. The maximum atomic E-state index is 5.48. The zero-order chi connectivity index (χ0) is 12.5. The lowest BCUT2D eigenvalue weighted by atomic mass is 9.92. The summed E-state index contributed by atoms with van der Waals surface area (Å²) in [4.78, 5) is 0. The molecule has 1 N–H and O–H groups in total. The molecule has 0 saturated heterocycles. The SMILES string of the molecule is CCNCC(CCOCC)c1ccccc1C. The van der Waals surface area contributed by atoms with E-state index in [0.29, 0.717) is 5.92 Å². The maximum Gasteiger partial charge on any atom is 0.0472 e. The van der Waals surface area contributed by atoms with Gasteiger partial charge in [-0.05, 0) is 43.9 Å². The average Bonchev–Trinajstić information content (AvgIpc) is 2.35. The second-order valence-corrected chi connectivity index (χ2v) is 4.35. The lowest BCUT2D eigenvalue weighted by molar-refractivity contribution is 0.139. The molecule has 0 aliphatic rings. The first kappa shape index (κ1) is 14.2. The molecular formula is C15H25NO. The summed E-state index contributed by atoms with van der Waals surface area (Å²) >= 11 is 0. The first-order valence-electron chi connectivity index (χ1n) is 6.63. The van der Waals surface area contributed by atoms with Crippen molar-refractivity contribution in [3.63, 3.8) is 0 Å². The quantitative estimate of drug-likeness (QED) is 0.699. The molecular weight excluding hydrogens is 210 g/mol. The molecule has 0 aromatic heterocycles. The molecule has 96 valence electrons. The molecule has 0 amide bonds. The third-order valence-electron chi connectivity index (χ3n) is 3.08. The van der Waals surface area contributed by atoms with E-state index in [-0.39, 0.29) is 0 Å². The molecule has 1 aromatic rings. The highest BCUT2D eigenvalue weighted by Gasteiger charge is 2.12. The van der Waals surface area contributed by atoms with Crippen molar-refractivity contribution in [2.75, 3.05) is 26.3 Å². The fourth-order valence-corrected chi connectivity index (χ4v) is 2.10. The van der Waals surface area contributed by atoms with Gasteiger partial charge in [-0.15, -0.1) is 0 Å². The third kappa shape index (κ3) is 4.88. The average molecular weight is 235 g/mol. The van der Waals surface area contributed by atoms with E-state index in [1.807, 2.05) is 6.92 Å². The van der Waals surface area contributed by atoms with Gasteiger partial charge in [0.05, 0.1) is 0 Å². The van der Waals surface area contributed by atoms with E-state index in [2.05, 4.69) is 43.4 Å². The fourth-order valence-electron chi connectivity index (χ4n) is 2.10. The minimum atomic E-state index is 0.558. The number of ether oxygens (including phenoxy) is 1. The van der Waals surface area contributed by atoms with Crippen molar-refractivity contribution in [3.05, 3.63) is 35.4 Å². The third-order valence-corrected chi connectivity index (χ3v) is 3.08. The Labute approximate surface area is 105 Å². The summed E-state index contributed by atoms with van der Waals surface area (Å²) in [5.41, 5.74) is 2.83. The molecule has 0 saturated carbocycles. The first-order chi connectivity index (χ1) is 8.29. The van der Waals surface area contributed by atoms with Crippen LogP contribution in [0.15, 0.2) is 24.3 Å². The van der Waals surface area contributed by atoms with Crippen LogP contribution in [0.3, 0.4) is 0 Å². The summed E-state index contributed by atoms with van der Waals surface area (Å²) < 4.78 is 5.48. The summed E-state index contributed by atoms with van der Waals surface area (Å²) in [6, 6.07) is 8.66. The second kappa shape index (κ2) is 8.26. The molecule has 0 aliphatic heterocycles. The van der Waals surface area contributed by atoms with Crippen molar-refractivity contribution in [1.82, 2.24) is 5.32 Å². The molecule has 0 bridgehead atoms. The highest BCUT2D eigenvalue weighted by Crippen LogP contribution is 2.22. The van der Waals surface area contributed by atoms with Crippen LogP contribution in [0.4, 0.5) is 0 Å². The number of hydrogen-bond donors (Lipinski definition) is 1. The van der Waals surface area contributed by atoms with E-state index in [9.17, 15) is 0 Å². The first-order valence-corrected chi connectivity index (χ1v) is 6.63. The summed E-state index contributed by atoms with van der Waals surface area (Å²) in [5.74, 6) is 0.558. The Bertz CT molecular complexity index is 312. The van der Waals surface area contributed by atoms with Gasteiger partial charge >= 0.3 is 0 Å². The topological polar surface area (TPSA) is 21.3 Å². The number of nitrogens with one attached hydrogen (secondary N) is 1. The van der Waals surface area contributed by atoms with Crippen LogP contribution in [0, 0.1) is 6.92 Å². The van der Waals surface area contributed by atoms with Gasteiger partial charge < -0.3 is 10.1 Å². The van der Waals surface area contributed by atoms with Crippen LogP contribution in [0.1, 0.15) is 37.3 Å². The number of rotatable bonds is 8. The Morgan fingerprint density at radius 2 is 2.00 bits per heavy atom. The highest BCUT2D eigenvalue weighted by molar-refractivity contribution is 5.29. The minimum Gasteiger partial charge on any atom is -0.382 e. The van der Waals surface area contributed by atoms with E-state index >= 15 is 0 Å². The van der Waals surface area contributed by atoms with Crippen LogP contribution < -0.4 is 5.32 Å². The maximum absolute atomic E-state index is 5.48. The monoisotopic (exact) mass is 235 g/mol. The Hall–Kier alpha value is -0.860. The zero-order valence-electron chi connectivity index (χ0n) is 11.3. The Morgan fingerprint density at radius 1 is 1.24 bits per heavy atom. The van der Waals surface area contributed by atoms with Crippen LogP contribution >= 0.6 is 0 Å². The molecule has 0 radical (unpaired) electrons. The lowest BCUT2D eigenvalue weighted by Crippen LogP contribution is -2.22. The van der Waals surface area contributed by atoms with Gasteiger partial charge in [0.1, 0.15) is 0 Å². The molecule has 1 aromatic carbocycles. The summed E-state index contributed by atoms with van der Waals surface area (Å²) in [6.07, 6.45) is 1.09. The Balaban J connectivity index is 2.64. The van der Waals surface area contributed by atoms with Crippen LogP contribution in [0.5, 0.6) is 0 Å².